The second-order valence-electron chi connectivity index (χ2n) is 5.23. The van der Waals surface area contributed by atoms with Crippen LogP contribution in [0.1, 0.15) is 51.9 Å². The Balaban J connectivity index is 1.64. The molecule has 1 heterocycles. The third kappa shape index (κ3) is 3.46. The van der Waals surface area contributed by atoms with Crippen LogP contribution in [-0.2, 0) is 4.74 Å². The van der Waals surface area contributed by atoms with Crippen LogP contribution in [0.15, 0.2) is 0 Å². The summed E-state index contributed by atoms with van der Waals surface area (Å²) in [7, 11) is 0. The molecule has 0 radical (unpaired) electrons. The van der Waals surface area contributed by atoms with Gasteiger partial charge in [0.25, 0.3) is 0 Å². The molecule has 0 aromatic rings. The first kappa shape index (κ1) is 11.4. The Kier molecular flexibility index (Phi) is 4.45. The normalized spacial score (nSPS) is 30.6. The molecule has 2 nitrogen and oxygen atoms in total. The standard InChI is InChI=1S/C13H25NO/c1-11(12-6-3-2-4-7-12)14-10-13-8-5-9-15-13/h11-14H,2-10H2,1H3/t11-,13?/m0/s1. The van der Waals surface area contributed by atoms with E-state index in [4.69, 9.17) is 4.74 Å². The number of rotatable bonds is 4. The Labute approximate surface area is 93.8 Å². The minimum atomic E-state index is 0.496. The number of ether oxygens (including phenoxy) is 1. The highest BCUT2D eigenvalue weighted by molar-refractivity contribution is 4.78. The van der Waals surface area contributed by atoms with Crippen molar-refractivity contribution in [3.8, 4) is 0 Å². The van der Waals surface area contributed by atoms with E-state index in [1.54, 1.807) is 0 Å². The van der Waals surface area contributed by atoms with Crippen molar-refractivity contribution in [2.24, 2.45) is 5.92 Å². The van der Waals surface area contributed by atoms with E-state index in [0.29, 0.717) is 12.1 Å². The molecule has 0 aromatic heterocycles. The topological polar surface area (TPSA) is 21.3 Å². The lowest BCUT2D eigenvalue weighted by molar-refractivity contribution is 0.104. The molecule has 2 rings (SSSR count). The van der Waals surface area contributed by atoms with Gasteiger partial charge in [0.15, 0.2) is 0 Å². The van der Waals surface area contributed by atoms with Gasteiger partial charge in [-0.3, -0.25) is 0 Å². The SMILES string of the molecule is C[C@H](NCC1CCCO1)C1CCCCC1. The molecular formula is C13H25NO. The zero-order valence-electron chi connectivity index (χ0n) is 10.0. The van der Waals surface area contributed by atoms with Crippen LogP contribution in [0.5, 0.6) is 0 Å². The van der Waals surface area contributed by atoms with Gasteiger partial charge in [-0.25, -0.2) is 0 Å². The average Bonchev–Trinajstić information content (AvgIpc) is 2.80. The van der Waals surface area contributed by atoms with Crippen LogP contribution in [0.25, 0.3) is 0 Å². The Hall–Kier alpha value is -0.0800. The molecular weight excluding hydrogens is 186 g/mol. The van der Waals surface area contributed by atoms with Gasteiger partial charge in [-0.2, -0.15) is 0 Å². The number of hydrogen-bond acceptors (Lipinski definition) is 2. The summed E-state index contributed by atoms with van der Waals surface area (Å²) < 4.78 is 5.63. The summed E-state index contributed by atoms with van der Waals surface area (Å²) in [5, 5.41) is 3.67. The lowest BCUT2D eigenvalue weighted by Crippen LogP contribution is -2.39. The van der Waals surface area contributed by atoms with Gasteiger partial charge in [-0.15, -0.1) is 0 Å². The Morgan fingerprint density at radius 3 is 2.60 bits per heavy atom. The maximum Gasteiger partial charge on any atom is 0.0700 e. The highest BCUT2D eigenvalue weighted by atomic mass is 16.5. The minimum Gasteiger partial charge on any atom is -0.377 e. The molecule has 0 amide bonds. The number of nitrogens with one attached hydrogen (secondary N) is 1. The van der Waals surface area contributed by atoms with E-state index in [1.165, 1.54) is 44.9 Å². The first-order valence-electron chi connectivity index (χ1n) is 6.71. The minimum absolute atomic E-state index is 0.496. The summed E-state index contributed by atoms with van der Waals surface area (Å²) >= 11 is 0. The quantitative estimate of drug-likeness (QED) is 0.772. The van der Waals surface area contributed by atoms with Crippen molar-refractivity contribution in [3.05, 3.63) is 0 Å². The maximum atomic E-state index is 5.63. The monoisotopic (exact) mass is 211 g/mol. The van der Waals surface area contributed by atoms with Crippen LogP contribution in [-0.4, -0.2) is 25.3 Å². The summed E-state index contributed by atoms with van der Waals surface area (Å²) in [6, 6.07) is 0.689. The molecule has 1 saturated carbocycles. The van der Waals surface area contributed by atoms with Gasteiger partial charge in [0.2, 0.25) is 0 Å². The second-order valence-corrected chi connectivity index (χ2v) is 5.23. The van der Waals surface area contributed by atoms with Crippen LogP contribution in [0, 0.1) is 5.92 Å². The molecule has 1 aliphatic heterocycles. The van der Waals surface area contributed by atoms with Crippen molar-refractivity contribution in [2.45, 2.75) is 64.0 Å². The van der Waals surface area contributed by atoms with Crippen LogP contribution < -0.4 is 5.32 Å². The van der Waals surface area contributed by atoms with E-state index in [0.717, 1.165) is 19.1 Å². The van der Waals surface area contributed by atoms with Gasteiger partial charge in [0, 0.05) is 19.2 Å². The molecule has 1 aliphatic carbocycles. The molecule has 0 spiro atoms. The lowest BCUT2D eigenvalue weighted by Gasteiger charge is -2.29. The first-order valence-corrected chi connectivity index (χ1v) is 6.71. The van der Waals surface area contributed by atoms with Gasteiger partial charge in [0.05, 0.1) is 6.10 Å². The van der Waals surface area contributed by atoms with Crippen molar-refractivity contribution >= 4 is 0 Å². The van der Waals surface area contributed by atoms with Gasteiger partial charge >= 0.3 is 0 Å². The fraction of sp³-hybridized carbons (Fsp3) is 1.00. The van der Waals surface area contributed by atoms with Crippen molar-refractivity contribution in [2.75, 3.05) is 13.2 Å². The molecule has 2 aliphatic rings. The smallest absolute Gasteiger partial charge is 0.0700 e. The Bertz CT molecular complexity index is 171. The van der Waals surface area contributed by atoms with Crippen molar-refractivity contribution in [1.82, 2.24) is 5.32 Å². The largest absolute Gasteiger partial charge is 0.377 e. The van der Waals surface area contributed by atoms with Crippen LogP contribution in [0.4, 0.5) is 0 Å². The van der Waals surface area contributed by atoms with Crippen molar-refractivity contribution in [3.63, 3.8) is 0 Å². The molecule has 1 unspecified atom stereocenters. The van der Waals surface area contributed by atoms with Gasteiger partial charge in [-0.05, 0) is 38.5 Å². The fourth-order valence-corrected chi connectivity index (χ4v) is 2.92. The molecule has 1 saturated heterocycles. The summed E-state index contributed by atoms with van der Waals surface area (Å²) in [6.07, 6.45) is 10.2. The molecule has 2 fully saturated rings. The molecule has 88 valence electrons. The van der Waals surface area contributed by atoms with Gasteiger partial charge in [0.1, 0.15) is 0 Å². The Morgan fingerprint density at radius 1 is 1.13 bits per heavy atom. The molecule has 15 heavy (non-hydrogen) atoms. The second kappa shape index (κ2) is 5.86. The van der Waals surface area contributed by atoms with Crippen LogP contribution >= 0.6 is 0 Å². The highest BCUT2D eigenvalue weighted by Gasteiger charge is 2.21. The average molecular weight is 211 g/mol. The van der Waals surface area contributed by atoms with Crippen LogP contribution in [0.3, 0.4) is 0 Å². The van der Waals surface area contributed by atoms with Gasteiger partial charge in [-0.1, -0.05) is 19.3 Å². The molecule has 0 aromatic carbocycles. The maximum absolute atomic E-state index is 5.63. The van der Waals surface area contributed by atoms with E-state index < -0.39 is 0 Å². The summed E-state index contributed by atoms with van der Waals surface area (Å²) in [5.74, 6) is 0.917. The highest BCUT2D eigenvalue weighted by Crippen LogP contribution is 2.26. The summed E-state index contributed by atoms with van der Waals surface area (Å²) in [5.41, 5.74) is 0. The van der Waals surface area contributed by atoms with Crippen LogP contribution in [0.2, 0.25) is 0 Å². The first-order chi connectivity index (χ1) is 7.36. The third-order valence-electron chi connectivity index (χ3n) is 4.05. The van der Waals surface area contributed by atoms with E-state index in [1.807, 2.05) is 0 Å². The Morgan fingerprint density at radius 2 is 1.93 bits per heavy atom. The van der Waals surface area contributed by atoms with E-state index in [2.05, 4.69) is 12.2 Å². The third-order valence-corrected chi connectivity index (χ3v) is 4.05. The summed E-state index contributed by atoms with van der Waals surface area (Å²) in [6.45, 7) is 4.40. The van der Waals surface area contributed by atoms with Crippen molar-refractivity contribution in [1.29, 1.82) is 0 Å². The molecule has 2 heteroatoms. The summed E-state index contributed by atoms with van der Waals surface area (Å²) in [4.78, 5) is 0. The van der Waals surface area contributed by atoms with Crippen molar-refractivity contribution < 1.29 is 4.74 Å². The van der Waals surface area contributed by atoms with Gasteiger partial charge < -0.3 is 10.1 Å². The van der Waals surface area contributed by atoms with E-state index in [9.17, 15) is 0 Å². The molecule has 0 bridgehead atoms. The fourth-order valence-electron chi connectivity index (χ4n) is 2.92. The van der Waals surface area contributed by atoms with E-state index >= 15 is 0 Å². The number of hydrogen-bond donors (Lipinski definition) is 1. The lowest BCUT2D eigenvalue weighted by atomic mass is 9.84. The zero-order valence-corrected chi connectivity index (χ0v) is 10.0. The molecule has 2 atom stereocenters. The zero-order chi connectivity index (χ0) is 10.5. The predicted molar refractivity (Wildman–Crippen MR) is 63.0 cm³/mol. The molecule has 1 N–H and O–H groups in total. The predicted octanol–water partition coefficient (Wildman–Crippen LogP) is 2.72. The van der Waals surface area contributed by atoms with E-state index in [-0.39, 0.29) is 0 Å².